The van der Waals surface area contributed by atoms with E-state index in [-0.39, 0.29) is 0 Å². The maximum atomic E-state index is 5.90. The summed E-state index contributed by atoms with van der Waals surface area (Å²) in [6.07, 6.45) is 2.07. The molecular formula is C23H25NO. The number of hydrogen-bond acceptors (Lipinski definition) is 2. The van der Waals surface area contributed by atoms with Gasteiger partial charge in [0.25, 0.3) is 0 Å². The summed E-state index contributed by atoms with van der Waals surface area (Å²) in [6, 6.07) is 27.2. The number of hydrogen-bond donors (Lipinski definition) is 1. The molecule has 3 aromatic rings. The zero-order valence-corrected chi connectivity index (χ0v) is 14.7. The standard InChI is InChI=1S/C23H25NO/c1-19-9-5-6-13-21(19)18-24-22-14-7-15-23(17-22)25-16-8-12-20-10-3-2-4-11-20/h2-7,9-11,13-15,17,24H,8,12,16,18H2,1H3. The average Bonchev–Trinajstić information content (AvgIpc) is 2.66. The Hall–Kier alpha value is -2.74. The topological polar surface area (TPSA) is 21.3 Å². The van der Waals surface area contributed by atoms with Crippen LogP contribution in [0.25, 0.3) is 0 Å². The number of benzene rings is 3. The van der Waals surface area contributed by atoms with Crippen LogP contribution in [-0.4, -0.2) is 6.61 Å². The van der Waals surface area contributed by atoms with Gasteiger partial charge >= 0.3 is 0 Å². The molecule has 0 bridgehead atoms. The molecule has 0 aromatic heterocycles. The Morgan fingerprint density at radius 1 is 0.840 bits per heavy atom. The molecule has 3 aromatic carbocycles. The van der Waals surface area contributed by atoms with E-state index in [4.69, 9.17) is 4.74 Å². The van der Waals surface area contributed by atoms with Gasteiger partial charge < -0.3 is 10.1 Å². The largest absolute Gasteiger partial charge is 0.494 e. The maximum Gasteiger partial charge on any atom is 0.121 e. The Kier molecular flexibility index (Phi) is 6.11. The zero-order valence-electron chi connectivity index (χ0n) is 14.7. The Morgan fingerprint density at radius 3 is 2.48 bits per heavy atom. The normalized spacial score (nSPS) is 10.4. The van der Waals surface area contributed by atoms with E-state index in [1.165, 1.54) is 16.7 Å². The van der Waals surface area contributed by atoms with Gasteiger partial charge in [-0.3, -0.25) is 0 Å². The lowest BCUT2D eigenvalue weighted by molar-refractivity contribution is 0.311. The van der Waals surface area contributed by atoms with Gasteiger partial charge in [0.15, 0.2) is 0 Å². The molecule has 0 radical (unpaired) electrons. The first-order chi connectivity index (χ1) is 12.3. The van der Waals surface area contributed by atoms with E-state index < -0.39 is 0 Å². The highest BCUT2D eigenvalue weighted by Gasteiger charge is 2.00. The van der Waals surface area contributed by atoms with Gasteiger partial charge in [-0.15, -0.1) is 0 Å². The van der Waals surface area contributed by atoms with Gasteiger partial charge in [-0.2, -0.15) is 0 Å². The van der Waals surface area contributed by atoms with E-state index in [1.54, 1.807) is 0 Å². The molecule has 0 atom stereocenters. The Morgan fingerprint density at radius 2 is 1.64 bits per heavy atom. The van der Waals surface area contributed by atoms with Crippen molar-refractivity contribution in [2.24, 2.45) is 0 Å². The van der Waals surface area contributed by atoms with Gasteiger partial charge in [-0.1, -0.05) is 60.7 Å². The highest BCUT2D eigenvalue weighted by molar-refractivity contribution is 5.48. The van der Waals surface area contributed by atoms with Crippen LogP contribution < -0.4 is 10.1 Å². The summed E-state index contributed by atoms with van der Waals surface area (Å²) < 4.78 is 5.90. The molecule has 0 saturated carbocycles. The van der Waals surface area contributed by atoms with E-state index in [2.05, 4.69) is 79.0 Å². The number of aryl methyl sites for hydroxylation is 2. The Labute approximate surface area is 150 Å². The van der Waals surface area contributed by atoms with Crippen LogP contribution in [0.4, 0.5) is 5.69 Å². The molecule has 0 fully saturated rings. The monoisotopic (exact) mass is 331 g/mol. The third kappa shape index (κ3) is 5.39. The van der Waals surface area contributed by atoms with E-state index in [0.717, 1.165) is 37.4 Å². The molecule has 2 nitrogen and oxygen atoms in total. The van der Waals surface area contributed by atoms with Gasteiger partial charge in [-0.25, -0.2) is 0 Å². The third-order valence-corrected chi connectivity index (χ3v) is 4.30. The average molecular weight is 331 g/mol. The second-order valence-electron chi connectivity index (χ2n) is 6.25. The van der Waals surface area contributed by atoms with Crippen molar-refractivity contribution in [3.8, 4) is 5.75 Å². The van der Waals surface area contributed by atoms with Gasteiger partial charge in [0, 0.05) is 18.3 Å². The minimum atomic E-state index is 0.732. The van der Waals surface area contributed by atoms with Crippen molar-refractivity contribution in [2.75, 3.05) is 11.9 Å². The fraction of sp³-hybridized carbons (Fsp3) is 0.217. The summed E-state index contributed by atoms with van der Waals surface area (Å²) in [7, 11) is 0. The molecule has 25 heavy (non-hydrogen) atoms. The van der Waals surface area contributed by atoms with Gasteiger partial charge in [-0.05, 0) is 48.6 Å². The van der Waals surface area contributed by atoms with Crippen molar-refractivity contribution >= 4 is 5.69 Å². The predicted octanol–water partition coefficient (Wildman–Crippen LogP) is 5.62. The summed E-state index contributed by atoms with van der Waals surface area (Å²) in [5.74, 6) is 0.919. The second-order valence-corrected chi connectivity index (χ2v) is 6.25. The minimum absolute atomic E-state index is 0.732. The minimum Gasteiger partial charge on any atom is -0.494 e. The number of ether oxygens (including phenoxy) is 1. The highest BCUT2D eigenvalue weighted by atomic mass is 16.5. The maximum absolute atomic E-state index is 5.90. The summed E-state index contributed by atoms with van der Waals surface area (Å²) in [5.41, 5.74) is 5.07. The van der Waals surface area contributed by atoms with E-state index in [9.17, 15) is 0 Å². The Balaban J connectivity index is 1.47. The van der Waals surface area contributed by atoms with Crippen molar-refractivity contribution in [3.63, 3.8) is 0 Å². The summed E-state index contributed by atoms with van der Waals surface area (Å²) in [5, 5.41) is 3.48. The molecule has 0 unspecified atom stereocenters. The molecule has 3 rings (SSSR count). The zero-order chi connectivity index (χ0) is 17.3. The molecule has 0 aliphatic rings. The van der Waals surface area contributed by atoms with Crippen LogP contribution in [0.3, 0.4) is 0 Å². The van der Waals surface area contributed by atoms with Gasteiger partial charge in [0.1, 0.15) is 5.75 Å². The first-order valence-corrected chi connectivity index (χ1v) is 8.86. The van der Waals surface area contributed by atoms with Crippen LogP contribution in [0.1, 0.15) is 23.1 Å². The molecule has 128 valence electrons. The lowest BCUT2D eigenvalue weighted by Crippen LogP contribution is -2.02. The van der Waals surface area contributed by atoms with Crippen LogP contribution >= 0.6 is 0 Å². The van der Waals surface area contributed by atoms with Crippen LogP contribution in [0.5, 0.6) is 5.75 Å². The quantitative estimate of drug-likeness (QED) is 0.541. The van der Waals surface area contributed by atoms with E-state index in [0.29, 0.717) is 0 Å². The second kappa shape index (κ2) is 8.93. The van der Waals surface area contributed by atoms with E-state index in [1.807, 2.05) is 12.1 Å². The fourth-order valence-corrected chi connectivity index (χ4v) is 2.81. The van der Waals surface area contributed by atoms with Crippen LogP contribution in [-0.2, 0) is 13.0 Å². The number of nitrogens with one attached hydrogen (secondary N) is 1. The van der Waals surface area contributed by atoms with Gasteiger partial charge in [0.2, 0.25) is 0 Å². The smallest absolute Gasteiger partial charge is 0.121 e. The third-order valence-electron chi connectivity index (χ3n) is 4.30. The van der Waals surface area contributed by atoms with Crippen LogP contribution in [0.2, 0.25) is 0 Å². The molecule has 1 N–H and O–H groups in total. The predicted molar refractivity (Wildman–Crippen MR) is 105 cm³/mol. The first kappa shape index (κ1) is 17.1. The summed E-state index contributed by atoms with van der Waals surface area (Å²) >= 11 is 0. The summed E-state index contributed by atoms with van der Waals surface area (Å²) in [6.45, 7) is 3.70. The number of rotatable bonds is 8. The molecular weight excluding hydrogens is 306 g/mol. The van der Waals surface area contributed by atoms with Crippen molar-refractivity contribution in [3.05, 3.63) is 95.6 Å². The molecule has 0 aliphatic heterocycles. The summed E-state index contributed by atoms with van der Waals surface area (Å²) in [4.78, 5) is 0. The lowest BCUT2D eigenvalue weighted by atomic mass is 10.1. The van der Waals surface area contributed by atoms with Crippen molar-refractivity contribution in [2.45, 2.75) is 26.3 Å². The molecule has 0 aliphatic carbocycles. The molecule has 0 spiro atoms. The molecule has 0 saturated heterocycles. The van der Waals surface area contributed by atoms with E-state index >= 15 is 0 Å². The highest BCUT2D eigenvalue weighted by Crippen LogP contribution is 2.19. The van der Waals surface area contributed by atoms with Crippen molar-refractivity contribution in [1.29, 1.82) is 0 Å². The SMILES string of the molecule is Cc1ccccc1CNc1cccc(OCCCc2ccccc2)c1. The van der Waals surface area contributed by atoms with Crippen molar-refractivity contribution in [1.82, 2.24) is 0 Å². The molecule has 0 heterocycles. The Bertz CT molecular complexity index is 783. The van der Waals surface area contributed by atoms with Crippen LogP contribution in [0.15, 0.2) is 78.9 Å². The first-order valence-electron chi connectivity index (χ1n) is 8.86. The fourth-order valence-electron chi connectivity index (χ4n) is 2.81. The van der Waals surface area contributed by atoms with Crippen molar-refractivity contribution < 1.29 is 4.74 Å². The number of anilines is 1. The molecule has 2 heteroatoms. The molecule has 0 amide bonds. The van der Waals surface area contributed by atoms with Crippen LogP contribution in [0, 0.1) is 6.92 Å². The lowest BCUT2D eigenvalue weighted by Gasteiger charge is -2.11. The van der Waals surface area contributed by atoms with Gasteiger partial charge in [0.05, 0.1) is 6.61 Å².